The number of pyridine rings is 1. The first-order chi connectivity index (χ1) is 12.5. The highest BCUT2D eigenvalue weighted by Crippen LogP contribution is 2.35. The van der Waals surface area contributed by atoms with Crippen LogP contribution in [0.1, 0.15) is 54.1 Å². The summed E-state index contributed by atoms with van der Waals surface area (Å²) >= 11 is 0. The molecular formula is C21H27N3O2. The monoisotopic (exact) mass is 353 g/mol. The molecule has 0 spiro atoms. The summed E-state index contributed by atoms with van der Waals surface area (Å²) < 4.78 is 5.82. The third-order valence-electron chi connectivity index (χ3n) is 4.85. The number of amides is 1. The molecule has 0 fully saturated rings. The van der Waals surface area contributed by atoms with E-state index in [9.17, 15) is 4.79 Å². The van der Waals surface area contributed by atoms with Gasteiger partial charge in [0.25, 0.3) is 0 Å². The minimum absolute atomic E-state index is 0.374. The lowest BCUT2D eigenvalue weighted by Crippen LogP contribution is -2.22. The van der Waals surface area contributed by atoms with E-state index in [0.717, 1.165) is 31.2 Å². The minimum atomic E-state index is -0.491. The van der Waals surface area contributed by atoms with Crippen molar-refractivity contribution in [1.29, 1.82) is 0 Å². The number of aromatic nitrogens is 1. The van der Waals surface area contributed by atoms with Crippen LogP contribution < -0.4 is 15.8 Å². The second-order valence-electron chi connectivity index (χ2n) is 7.33. The second kappa shape index (κ2) is 8.32. The molecule has 26 heavy (non-hydrogen) atoms. The van der Waals surface area contributed by atoms with E-state index < -0.39 is 5.91 Å². The molecule has 0 saturated carbocycles. The van der Waals surface area contributed by atoms with Gasteiger partial charge in [-0.2, -0.15) is 0 Å². The molecule has 1 atom stereocenters. The SMILES string of the molecule is CC(C)CCNCC1CCc2cc(Oc3ccc(C(N)=O)cn3)ccc21. The number of hydrogen-bond acceptors (Lipinski definition) is 4. The summed E-state index contributed by atoms with van der Waals surface area (Å²) in [6, 6.07) is 9.55. The third-order valence-corrected chi connectivity index (χ3v) is 4.85. The zero-order valence-electron chi connectivity index (χ0n) is 15.5. The number of primary amides is 1. The summed E-state index contributed by atoms with van der Waals surface area (Å²) in [5.74, 6) is 2.06. The van der Waals surface area contributed by atoms with Gasteiger partial charge in [-0.05, 0) is 67.0 Å². The van der Waals surface area contributed by atoms with Crippen molar-refractivity contribution in [3.05, 3.63) is 53.2 Å². The van der Waals surface area contributed by atoms with E-state index in [-0.39, 0.29) is 0 Å². The number of carbonyl (C=O) groups excluding carboxylic acids is 1. The number of benzene rings is 1. The third kappa shape index (κ3) is 4.61. The van der Waals surface area contributed by atoms with Crippen molar-refractivity contribution in [1.82, 2.24) is 10.3 Å². The van der Waals surface area contributed by atoms with Gasteiger partial charge >= 0.3 is 0 Å². The Morgan fingerprint density at radius 2 is 2.19 bits per heavy atom. The fraction of sp³-hybridized carbons (Fsp3) is 0.429. The molecule has 0 aliphatic heterocycles. The fourth-order valence-electron chi connectivity index (χ4n) is 3.33. The van der Waals surface area contributed by atoms with Crippen LogP contribution in [-0.4, -0.2) is 24.0 Å². The second-order valence-corrected chi connectivity index (χ2v) is 7.33. The van der Waals surface area contributed by atoms with Crippen molar-refractivity contribution >= 4 is 5.91 Å². The molecule has 1 aliphatic carbocycles. The smallest absolute Gasteiger partial charge is 0.250 e. The van der Waals surface area contributed by atoms with Gasteiger partial charge in [0, 0.05) is 18.8 Å². The predicted octanol–water partition coefficient (Wildman–Crippen LogP) is 3.64. The summed E-state index contributed by atoms with van der Waals surface area (Å²) in [6.07, 6.45) is 4.91. The number of rotatable bonds is 8. The number of hydrogen-bond donors (Lipinski definition) is 2. The van der Waals surface area contributed by atoms with E-state index in [4.69, 9.17) is 10.5 Å². The van der Waals surface area contributed by atoms with Crippen LogP contribution in [0.2, 0.25) is 0 Å². The van der Waals surface area contributed by atoms with Gasteiger partial charge in [-0.3, -0.25) is 4.79 Å². The van der Waals surface area contributed by atoms with E-state index >= 15 is 0 Å². The van der Waals surface area contributed by atoms with Gasteiger partial charge in [-0.25, -0.2) is 4.98 Å². The van der Waals surface area contributed by atoms with Crippen molar-refractivity contribution < 1.29 is 9.53 Å². The molecule has 1 unspecified atom stereocenters. The van der Waals surface area contributed by atoms with Gasteiger partial charge in [0.15, 0.2) is 0 Å². The fourth-order valence-corrected chi connectivity index (χ4v) is 3.33. The lowest BCUT2D eigenvalue weighted by molar-refractivity contribution is 0.1000. The molecule has 1 heterocycles. The van der Waals surface area contributed by atoms with Crippen LogP contribution in [-0.2, 0) is 6.42 Å². The largest absolute Gasteiger partial charge is 0.439 e. The Bertz CT molecular complexity index is 756. The highest BCUT2D eigenvalue weighted by atomic mass is 16.5. The molecule has 2 aromatic rings. The lowest BCUT2D eigenvalue weighted by atomic mass is 10.0. The average molecular weight is 353 g/mol. The molecule has 138 valence electrons. The highest BCUT2D eigenvalue weighted by molar-refractivity contribution is 5.92. The van der Waals surface area contributed by atoms with Crippen LogP contribution in [0.15, 0.2) is 36.5 Å². The average Bonchev–Trinajstić information content (AvgIpc) is 3.01. The molecule has 0 saturated heterocycles. The number of nitrogens with two attached hydrogens (primary N) is 1. The first kappa shape index (κ1) is 18.4. The topological polar surface area (TPSA) is 77.2 Å². The quantitative estimate of drug-likeness (QED) is 0.710. The molecule has 0 radical (unpaired) electrons. The molecule has 3 rings (SSSR count). The highest BCUT2D eigenvalue weighted by Gasteiger charge is 2.22. The molecule has 0 bridgehead atoms. The summed E-state index contributed by atoms with van der Waals surface area (Å²) in [5, 5.41) is 3.59. The number of fused-ring (bicyclic) bond motifs is 1. The van der Waals surface area contributed by atoms with Crippen LogP contribution in [0, 0.1) is 5.92 Å². The Labute approximate surface area is 155 Å². The molecule has 1 aliphatic rings. The van der Waals surface area contributed by atoms with Crippen molar-refractivity contribution in [2.24, 2.45) is 11.7 Å². The molecular weight excluding hydrogens is 326 g/mol. The molecule has 5 nitrogen and oxygen atoms in total. The standard InChI is InChI=1S/C21H27N3O2/c1-14(2)9-10-23-12-16-4-3-15-11-18(6-7-19(15)16)26-20-8-5-17(13-24-20)21(22)25/h5-8,11,13-14,16,23H,3-4,9-10,12H2,1-2H3,(H2,22,25). The van der Waals surface area contributed by atoms with Crippen LogP contribution in [0.5, 0.6) is 11.6 Å². The van der Waals surface area contributed by atoms with Crippen molar-refractivity contribution in [2.45, 2.75) is 39.0 Å². The lowest BCUT2D eigenvalue weighted by Gasteiger charge is -2.14. The molecule has 1 aromatic heterocycles. The zero-order valence-corrected chi connectivity index (χ0v) is 15.5. The van der Waals surface area contributed by atoms with Crippen molar-refractivity contribution in [3.8, 4) is 11.6 Å². The van der Waals surface area contributed by atoms with Gasteiger partial charge < -0.3 is 15.8 Å². The van der Waals surface area contributed by atoms with Gasteiger partial charge in [-0.15, -0.1) is 0 Å². The number of ether oxygens (including phenoxy) is 1. The van der Waals surface area contributed by atoms with E-state index in [1.807, 2.05) is 6.07 Å². The summed E-state index contributed by atoms with van der Waals surface area (Å²) in [6.45, 7) is 6.63. The Kier molecular flexibility index (Phi) is 5.89. The number of aryl methyl sites for hydroxylation is 1. The zero-order chi connectivity index (χ0) is 18.5. The van der Waals surface area contributed by atoms with Crippen LogP contribution in [0.4, 0.5) is 0 Å². The van der Waals surface area contributed by atoms with E-state index in [1.54, 1.807) is 12.1 Å². The Hall–Kier alpha value is -2.40. The van der Waals surface area contributed by atoms with E-state index in [2.05, 4.69) is 36.3 Å². The van der Waals surface area contributed by atoms with Crippen LogP contribution in [0.25, 0.3) is 0 Å². The van der Waals surface area contributed by atoms with Gasteiger partial charge in [-0.1, -0.05) is 19.9 Å². The predicted molar refractivity (Wildman–Crippen MR) is 103 cm³/mol. The van der Waals surface area contributed by atoms with Crippen molar-refractivity contribution in [2.75, 3.05) is 13.1 Å². The van der Waals surface area contributed by atoms with E-state index in [0.29, 0.717) is 17.4 Å². The maximum Gasteiger partial charge on any atom is 0.250 e. The maximum absolute atomic E-state index is 11.1. The molecule has 1 aromatic carbocycles. The van der Waals surface area contributed by atoms with Gasteiger partial charge in [0.2, 0.25) is 11.8 Å². The van der Waals surface area contributed by atoms with Crippen molar-refractivity contribution in [3.63, 3.8) is 0 Å². The number of carbonyl (C=O) groups is 1. The summed E-state index contributed by atoms with van der Waals surface area (Å²) in [4.78, 5) is 15.2. The summed E-state index contributed by atoms with van der Waals surface area (Å²) in [5.41, 5.74) is 8.37. The first-order valence-corrected chi connectivity index (χ1v) is 9.30. The molecule has 3 N–H and O–H groups in total. The normalized spacial score (nSPS) is 15.9. The number of nitrogens with zero attached hydrogens (tertiary/aromatic N) is 1. The van der Waals surface area contributed by atoms with Crippen LogP contribution in [0.3, 0.4) is 0 Å². The Morgan fingerprint density at radius 1 is 1.35 bits per heavy atom. The molecule has 1 amide bonds. The minimum Gasteiger partial charge on any atom is -0.439 e. The maximum atomic E-state index is 11.1. The Balaban J connectivity index is 1.60. The number of nitrogens with one attached hydrogen (secondary N) is 1. The molecule has 5 heteroatoms. The summed E-state index contributed by atoms with van der Waals surface area (Å²) in [7, 11) is 0. The van der Waals surface area contributed by atoms with E-state index in [1.165, 1.54) is 30.2 Å². The van der Waals surface area contributed by atoms with Crippen LogP contribution >= 0.6 is 0 Å². The first-order valence-electron chi connectivity index (χ1n) is 9.30. The van der Waals surface area contributed by atoms with Gasteiger partial charge in [0.05, 0.1) is 5.56 Å². The Morgan fingerprint density at radius 3 is 2.88 bits per heavy atom. The van der Waals surface area contributed by atoms with Gasteiger partial charge in [0.1, 0.15) is 5.75 Å².